The Bertz CT molecular complexity index is 934. The van der Waals surface area contributed by atoms with Gasteiger partial charge in [0.2, 0.25) is 0 Å². The summed E-state index contributed by atoms with van der Waals surface area (Å²) in [6.07, 6.45) is 0. The van der Waals surface area contributed by atoms with Crippen LogP contribution in [0.25, 0.3) is 11.0 Å². The number of nitrogens with zero attached hydrogens (tertiary/aromatic N) is 1. The third-order valence-electron chi connectivity index (χ3n) is 4.47. The SMILES string of the molecule is COc1ccc2c(CN(C)C(C)c3ccc(F)cc3)cc(=O)oc2c1. The lowest BCUT2D eigenvalue weighted by atomic mass is 10.1. The molecule has 0 aliphatic carbocycles. The van der Waals surface area contributed by atoms with Gasteiger partial charge in [-0.3, -0.25) is 4.90 Å². The molecule has 0 amide bonds. The van der Waals surface area contributed by atoms with Crippen LogP contribution in [-0.4, -0.2) is 19.1 Å². The molecule has 25 heavy (non-hydrogen) atoms. The van der Waals surface area contributed by atoms with Gasteiger partial charge in [-0.1, -0.05) is 12.1 Å². The Morgan fingerprint density at radius 2 is 1.88 bits per heavy atom. The lowest BCUT2D eigenvalue weighted by Gasteiger charge is -2.25. The zero-order valence-electron chi connectivity index (χ0n) is 14.5. The fourth-order valence-electron chi connectivity index (χ4n) is 2.87. The van der Waals surface area contributed by atoms with E-state index in [0.29, 0.717) is 17.9 Å². The highest BCUT2D eigenvalue weighted by atomic mass is 19.1. The first kappa shape index (κ1) is 17.2. The summed E-state index contributed by atoms with van der Waals surface area (Å²) in [6.45, 7) is 2.61. The van der Waals surface area contributed by atoms with Gasteiger partial charge in [-0.15, -0.1) is 0 Å². The molecule has 0 saturated heterocycles. The lowest BCUT2D eigenvalue weighted by molar-refractivity contribution is 0.253. The summed E-state index contributed by atoms with van der Waals surface area (Å²) < 4.78 is 23.6. The molecule has 1 atom stereocenters. The Kier molecular flexibility index (Phi) is 4.86. The van der Waals surface area contributed by atoms with E-state index in [1.807, 2.05) is 26.1 Å². The van der Waals surface area contributed by atoms with E-state index in [-0.39, 0.29) is 11.9 Å². The second-order valence-corrected chi connectivity index (χ2v) is 6.10. The third-order valence-corrected chi connectivity index (χ3v) is 4.47. The minimum Gasteiger partial charge on any atom is -0.497 e. The summed E-state index contributed by atoms with van der Waals surface area (Å²) in [4.78, 5) is 14.0. The monoisotopic (exact) mass is 341 g/mol. The van der Waals surface area contributed by atoms with Crippen LogP contribution >= 0.6 is 0 Å². The summed E-state index contributed by atoms with van der Waals surface area (Å²) in [6, 6.07) is 13.5. The van der Waals surface area contributed by atoms with Crippen molar-refractivity contribution in [3.63, 3.8) is 0 Å². The summed E-state index contributed by atoms with van der Waals surface area (Å²) in [5.41, 5.74) is 2.01. The number of fused-ring (bicyclic) bond motifs is 1. The van der Waals surface area contributed by atoms with E-state index >= 15 is 0 Å². The maximum atomic E-state index is 13.1. The number of methoxy groups -OCH3 is 1. The molecular formula is C20H20FNO3. The molecule has 5 heteroatoms. The first-order valence-corrected chi connectivity index (χ1v) is 8.04. The van der Waals surface area contributed by atoms with Gasteiger partial charge in [0.15, 0.2) is 0 Å². The van der Waals surface area contributed by atoms with Gasteiger partial charge < -0.3 is 9.15 Å². The number of benzene rings is 2. The number of halogens is 1. The van der Waals surface area contributed by atoms with Crippen molar-refractivity contribution in [2.45, 2.75) is 19.5 Å². The Morgan fingerprint density at radius 3 is 2.56 bits per heavy atom. The van der Waals surface area contributed by atoms with Crippen molar-refractivity contribution in [3.05, 3.63) is 75.9 Å². The second kappa shape index (κ2) is 7.07. The highest BCUT2D eigenvalue weighted by molar-refractivity contribution is 5.81. The molecule has 3 aromatic rings. The van der Waals surface area contributed by atoms with Gasteiger partial charge in [-0.05, 0) is 49.4 Å². The molecule has 0 saturated carbocycles. The van der Waals surface area contributed by atoms with Gasteiger partial charge in [0.05, 0.1) is 7.11 Å². The minimum absolute atomic E-state index is 0.0705. The fourth-order valence-corrected chi connectivity index (χ4v) is 2.87. The first-order valence-electron chi connectivity index (χ1n) is 8.04. The summed E-state index contributed by atoms with van der Waals surface area (Å²) in [7, 11) is 3.54. The first-order chi connectivity index (χ1) is 12.0. The van der Waals surface area contributed by atoms with E-state index < -0.39 is 5.63 Å². The molecule has 0 bridgehead atoms. The molecule has 1 unspecified atom stereocenters. The van der Waals surface area contributed by atoms with Gasteiger partial charge in [0.1, 0.15) is 17.1 Å². The normalized spacial score (nSPS) is 12.5. The fraction of sp³-hybridized carbons (Fsp3) is 0.250. The Hall–Kier alpha value is -2.66. The largest absolute Gasteiger partial charge is 0.497 e. The molecule has 0 radical (unpaired) electrons. The van der Waals surface area contributed by atoms with Crippen molar-refractivity contribution in [2.75, 3.05) is 14.2 Å². The number of rotatable bonds is 5. The van der Waals surface area contributed by atoms with E-state index in [1.165, 1.54) is 18.2 Å². The van der Waals surface area contributed by atoms with E-state index in [4.69, 9.17) is 9.15 Å². The molecule has 0 spiro atoms. The van der Waals surface area contributed by atoms with Crippen LogP contribution in [0, 0.1) is 5.82 Å². The summed E-state index contributed by atoms with van der Waals surface area (Å²) >= 11 is 0. The van der Waals surface area contributed by atoms with E-state index in [2.05, 4.69) is 4.90 Å². The van der Waals surface area contributed by atoms with Crippen LogP contribution in [0.15, 0.2) is 57.7 Å². The minimum atomic E-state index is -0.390. The second-order valence-electron chi connectivity index (χ2n) is 6.10. The van der Waals surface area contributed by atoms with E-state index in [1.54, 1.807) is 25.3 Å². The van der Waals surface area contributed by atoms with E-state index in [0.717, 1.165) is 16.5 Å². The Balaban J connectivity index is 1.91. The van der Waals surface area contributed by atoms with Crippen LogP contribution in [0.1, 0.15) is 24.1 Å². The number of hydrogen-bond donors (Lipinski definition) is 0. The zero-order chi connectivity index (χ0) is 18.0. The maximum absolute atomic E-state index is 13.1. The smallest absolute Gasteiger partial charge is 0.336 e. The predicted octanol–water partition coefficient (Wildman–Crippen LogP) is 4.13. The topological polar surface area (TPSA) is 42.7 Å². The standard InChI is InChI=1S/C20H20FNO3/c1-13(14-4-6-16(21)7-5-14)22(2)12-15-10-20(23)25-19-11-17(24-3)8-9-18(15)19/h4-11,13H,12H2,1-3H3. The predicted molar refractivity (Wildman–Crippen MR) is 95.3 cm³/mol. The number of ether oxygens (including phenoxy) is 1. The summed E-state index contributed by atoms with van der Waals surface area (Å²) in [5.74, 6) is 0.389. The molecule has 1 heterocycles. The van der Waals surface area contributed by atoms with Crippen LogP contribution in [0.4, 0.5) is 4.39 Å². The molecule has 4 nitrogen and oxygen atoms in total. The van der Waals surface area contributed by atoms with Crippen LogP contribution in [0.3, 0.4) is 0 Å². The molecule has 130 valence electrons. The van der Waals surface area contributed by atoms with Crippen LogP contribution in [-0.2, 0) is 6.54 Å². The van der Waals surface area contributed by atoms with Crippen molar-refractivity contribution in [3.8, 4) is 5.75 Å². The van der Waals surface area contributed by atoms with Crippen LogP contribution < -0.4 is 10.4 Å². The summed E-state index contributed by atoms with van der Waals surface area (Å²) in [5, 5.41) is 0.874. The van der Waals surface area contributed by atoms with Crippen LogP contribution in [0.5, 0.6) is 5.75 Å². The van der Waals surface area contributed by atoms with Gasteiger partial charge in [0, 0.05) is 30.1 Å². The van der Waals surface area contributed by atoms with Gasteiger partial charge in [-0.25, -0.2) is 9.18 Å². The third kappa shape index (κ3) is 3.72. The molecule has 3 rings (SSSR count). The van der Waals surface area contributed by atoms with Crippen molar-refractivity contribution in [1.82, 2.24) is 4.90 Å². The number of hydrogen-bond acceptors (Lipinski definition) is 4. The van der Waals surface area contributed by atoms with Crippen molar-refractivity contribution >= 4 is 11.0 Å². The van der Waals surface area contributed by atoms with Crippen LogP contribution in [0.2, 0.25) is 0 Å². The highest BCUT2D eigenvalue weighted by Gasteiger charge is 2.15. The highest BCUT2D eigenvalue weighted by Crippen LogP contribution is 2.26. The van der Waals surface area contributed by atoms with Gasteiger partial charge in [-0.2, -0.15) is 0 Å². The van der Waals surface area contributed by atoms with Crippen molar-refractivity contribution in [2.24, 2.45) is 0 Å². The average molecular weight is 341 g/mol. The molecule has 0 aliphatic rings. The molecular weight excluding hydrogens is 321 g/mol. The van der Waals surface area contributed by atoms with Crippen molar-refractivity contribution in [1.29, 1.82) is 0 Å². The molecule has 0 aliphatic heterocycles. The quantitative estimate of drug-likeness (QED) is 0.654. The van der Waals surface area contributed by atoms with E-state index in [9.17, 15) is 9.18 Å². The molecule has 2 aromatic carbocycles. The molecule has 0 N–H and O–H groups in total. The van der Waals surface area contributed by atoms with Crippen molar-refractivity contribution < 1.29 is 13.5 Å². The Labute approximate surface area is 145 Å². The van der Waals surface area contributed by atoms with Gasteiger partial charge >= 0.3 is 5.63 Å². The average Bonchev–Trinajstić information content (AvgIpc) is 2.61. The zero-order valence-corrected chi connectivity index (χ0v) is 14.5. The molecule has 1 aromatic heterocycles. The maximum Gasteiger partial charge on any atom is 0.336 e. The Morgan fingerprint density at radius 1 is 1.16 bits per heavy atom. The van der Waals surface area contributed by atoms with Gasteiger partial charge in [0.25, 0.3) is 0 Å². The lowest BCUT2D eigenvalue weighted by Crippen LogP contribution is -2.22. The molecule has 0 fully saturated rings.